The molecule has 26 heavy (non-hydrogen) atoms. The lowest BCUT2D eigenvalue weighted by Gasteiger charge is -2.32. The van der Waals surface area contributed by atoms with E-state index in [9.17, 15) is 0 Å². The predicted octanol–water partition coefficient (Wildman–Crippen LogP) is 0.825. The van der Waals surface area contributed by atoms with E-state index in [0.29, 0.717) is 25.1 Å². The van der Waals surface area contributed by atoms with Crippen LogP contribution >= 0.6 is 0 Å². The molecule has 0 amide bonds. The summed E-state index contributed by atoms with van der Waals surface area (Å²) in [6, 6.07) is 0.404. The van der Waals surface area contributed by atoms with E-state index in [2.05, 4.69) is 14.9 Å². The van der Waals surface area contributed by atoms with Gasteiger partial charge in [0.15, 0.2) is 0 Å². The van der Waals surface area contributed by atoms with E-state index < -0.39 is 7.12 Å². The fraction of sp³-hybridized carbons (Fsp3) is 0.778. The average Bonchev–Trinajstić information content (AvgIpc) is 2.82. The molecule has 1 atom stereocenters. The molecule has 2 fully saturated rings. The van der Waals surface area contributed by atoms with E-state index >= 15 is 0 Å². The van der Waals surface area contributed by atoms with Crippen LogP contribution in [0.4, 0.5) is 0 Å². The molecular formula is C18H31BN4O3. The first-order valence-electron chi connectivity index (χ1n) is 9.53. The van der Waals surface area contributed by atoms with Crippen LogP contribution in [0.15, 0.2) is 12.4 Å². The number of hydrogen-bond acceptors (Lipinski definition) is 7. The standard InChI is InChI=1S/C18H31BN4O3/c1-17(2)18(3,4)26-19(25-17)15-10-21-16(22-11-15)24-13-14-6-5-8-23(12-14)9-7-20/h10-11,14H,5-9,12-13,20H2,1-4H3. The van der Waals surface area contributed by atoms with Gasteiger partial charge in [-0.3, -0.25) is 0 Å². The van der Waals surface area contributed by atoms with Gasteiger partial charge in [0.25, 0.3) is 0 Å². The van der Waals surface area contributed by atoms with Gasteiger partial charge in [-0.05, 0) is 47.1 Å². The zero-order valence-corrected chi connectivity index (χ0v) is 16.4. The fourth-order valence-electron chi connectivity index (χ4n) is 3.37. The Bertz CT molecular complexity index is 579. The first kappa shape index (κ1) is 19.5. The van der Waals surface area contributed by atoms with Gasteiger partial charge < -0.3 is 24.7 Å². The molecule has 8 heteroatoms. The van der Waals surface area contributed by atoms with Crippen LogP contribution in [0.5, 0.6) is 6.01 Å². The van der Waals surface area contributed by atoms with Crippen molar-refractivity contribution in [2.45, 2.75) is 51.7 Å². The van der Waals surface area contributed by atoms with Gasteiger partial charge in [-0.15, -0.1) is 0 Å². The molecule has 7 nitrogen and oxygen atoms in total. The van der Waals surface area contributed by atoms with Crippen LogP contribution in [0.2, 0.25) is 0 Å². The maximum Gasteiger partial charge on any atom is 0.498 e. The molecule has 2 aliphatic heterocycles. The van der Waals surface area contributed by atoms with Crippen molar-refractivity contribution >= 4 is 12.6 Å². The Labute approximate surface area is 156 Å². The van der Waals surface area contributed by atoms with E-state index in [-0.39, 0.29) is 11.2 Å². The van der Waals surface area contributed by atoms with Crippen LogP contribution in [0, 0.1) is 5.92 Å². The number of rotatable bonds is 6. The van der Waals surface area contributed by atoms with Crippen molar-refractivity contribution in [2.75, 3.05) is 32.8 Å². The first-order chi connectivity index (χ1) is 12.3. The third-order valence-corrected chi connectivity index (χ3v) is 5.67. The van der Waals surface area contributed by atoms with Gasteiger partial charge in [-0.25, -0.2) is 9.97 Å². The summed E-state index contributed by atoms with van der Waals surface area (Å²) >= 11 is 0. The van der Waals surface area contributed by atoms with Gasteiger partial charge in [0.05, 0.1) is 17.8 Å². The maximum atomic E-state index is 6.02. The number of likely N-dealkylation sites (tertiary alicyclic amines) is 1. The van der Waals surface area contributed by atoms with Crippen LogP contribution in [0.3, 0.4) is 0 Å². The Morgan fingerprint density at radius 1 is 1.23 bits per heavy atom. The van der Waals surface area contributed by atoms with Crippen molar-refractivity contribution < 1.29 is 14.0 Å². The van der Waals surface area contributed by atoms with E-state index in [1.54, 1.807) is 12.4 Å². The van der Waals surface area contributed by atoms with Gasteiger partial charge in [0, 0.05) is 43.4 Å². The summed E-state index contributed by atoms with van der Waals surface area (Å²) in [4.78, 5) is 11.1. The van der Waals surface area contributed by atoms with Crippen molar-refractivity contribution in [2.24, 2.45) is 11.7 Å². The Morgan fingerprint density at radius 2 is 1.88 bits per heavy atom. The lowest BCUT2D eigenvalue weighted by molar-refractivity contribution is 0.00578. The Kier molecular flexibility index (Phi) is 5.86. The highest BCUT2D eigenvalue weighted by Gasteiger charge is 2.51. The lowest BCUT2D eigenvalue weighted by Crippen LogP contribution is -2.41. The van der Waals surface area contributed by atoms with Crippen molar-refractivity contribution in [3.05, 3.63) is 12.4 Å². The Balaban J connectivity index is 1.52. The van der Waals surface area contributed by atoms with Crippen LogP contribution in [0.1, 0.15) is 40.5 Å². The molecule has 0 radical (unpaired) electrons. The number of nitrogens with two attached hydrogens (primary N) is 1. The Hall–Kier alpha value is -1.22. The number of piperidine rings is 1. The van der Waals surface area contributed by atoms with E-state index in [1.807, 2.05) is 27.7 Å². The lowest BCUT2D eigenvalue weighted by atomic mass is 9.81. The summed E-state index contributed by atoms with van der Waals surface area (Å²) in [7, 11) is -0.447. The highest BCUT2D eigenvalue weighted by molar-refractivity contribution is 6.61. The SMILES string of the molecule is CC1(C)OB(c2cnc(OCC3CCCN(CCN)C3)nc2)OC1(C)C. The van der Waals surface area contributed by atoms with Gasteiger partial charge in [-0.1, -0.05) is 0 Å². The summed E-state index contributed by atoms with van der Waals surface area (Å²) in [6.07, 6.45) is 5.82. The van der Waals surface area contributed by atoms with Gasteiger partial charge >= 0.3 is 13.1 Å². The predicted molar refractivity (Wildman–Crippen MR) is 101 cm³/mol. The van der Waals surface area contributed by atoms with E-state index in [4.69, 9.17) is 19.8 Å². The van der Waals surface area contributed by atoms with Crippen molar-refractivity contribution in [3.63, 3.8) is 0 Å². The number of ether oxygens (including phenoxy) is 1. The number of hydrogen-bond donors (Lipinski definition) is 1. The van der Waals surface area contributed by atoms with Crippen molar-refractivity contribution in [3.8, 4) is 6.01 Å². The van der Waals surface area contributed by atoms with Crippen molar-refractivity contribution in [1.82, 2.24) is 14.9 Å². The molecule has 3 heterocycles. The molecule has 0 bridgehead atoms. The van der Waals surface area contributed by atoms with Crippen molar-refractivity contribution in [1.29, 1.82) is 0 Å². The summed E-state index contributed by atoms with van der Waals surface area (Å²) < 4.78 is 17.9. The number of aromatic nitrogens is 2. The molecule has 0 spiro atoms. The molecule has 2 N–H and O–H groups in total. The van der Waals surface area contributed by atoms with Gasteiger partial charge in [0.1, 0.15) is 0 Å². The molecule has 1 unspecified atom stereocenters. The van der Waals surface area contributed by atoms with Crippen LogP contribution in [0.25, 0.3) is 0 Å². The van der Waals surface area contributed by atoms with Gasteiger partial charge in [-0.2, -0.15) is 0 Å². The van der Waals surface area contributed by atoms with E-state index in [0.717, 1.165) is 25.1 Å². The molecule has 2 saturated heterocycles. The molecule has 0 aromatic carbocycles. The molecule has 0 saturated carbocycles. The maximum absolute atomic E-state index is 6.02. The second-order valence-electron chi connectivity index (χ2n) is 8.30. The fourth-order valence-corrected chi connectivity index (χ4v) is 3.37. The minimum atomic E-state index is -0.447. The zero-order valence-electron chi connectivity index (χ0n) is 16.4. The average molecular weight is 362 g/mol. The Morgan fingerprint density at radius 3 is 2.50 bits per heavy atom. The zero-order chi connectivity index (χ0) is 18.8. The second-order valence-corrected chi connectivity index (χ2v) is 8.30. The van der Waals surface area contributed by atoms with Crippen LogP contribution in [-0.2, 0) is 9.31 Å². The largest absolute Gasteiger partial charge is 0.498 e. The molecular weight excluding hydrogens is 331 g/mol. The van der Waals surface area contributed by atoms with Crippen LogP contribution < -0.4 is 15.9 Å². The van der Waals surface area contributed by atoms with E-state index in [1.165, 1.54) is 12.8 Å². The molecule has 3 rings (SSSR count). The van der Waals surface area contributed by atoms with Gasteiger partial charge in [0.2, 0.25) is 0 Å². The normalized spacial score (nSPS) is 25.4. The topological polar surface area (TPSA) is 82.7 Å². The summed E-state index contributed by atoms with van der Waals surface area (Å²) in [5.74, 6) is 0.502. The summed E-state index contributed by atoms with van der Waals surface area (Å²) in [5.41, 5.74) is 5.72. The molecule has 144 valence electrons. The smallest absolute Gasteiger partial charge is 0.463 e. The molecule has 1 aromatic heterocycles. The minimum absolute atomic E-state index is 0.372. The minimum Gasteiger partial charge on any atom is -0.463 e. The summed E-state index contributed by atoms with van der Waals surface area (Å²) in [5, 5.41) is 0. The first-order valence-corrected chi connectivity index (χ1v) is 9.53. The highest BCUT2D eigenvalue weighted by atomic mass is 16.7. The number of nitrogens with zero attached hydrogens (tertiary/aromatic N) is 3. The monoisotopic (exact) mass is 362 g/mol. The third-order valence-electron chi connectivity index (χ3n) is 5.67. The third kappa shape index (κ3) is 4.36. The highest BCUT2D eigenvalue weighted by Crippen LogP contribution is 2.36. The molecule has 0 aliphatic carbocycles. The molecule has 2 aliphatic rings. The van der Waals surface area contributed by atoms with Crippen LogP contribution in [-0.4, -0.2) is 66.0 Å². The molecule has 1 aromatic rings. The quantitative estimate of drug-likeness (QED) is 0.751. The summed E-state index contributed by atoms with van der Waals surface area (Å²) in [6.45, 7) is 12.6. The second kappa shape index (κ2) is 7.80.